The van der Waals surface area contributed by atoms with Crippen molar-refractivity contribution < 1.29 is 9.47 Å². The van der Waals surface area contributed by atoms with Crippen LogP contribution >= 0.6 is 0 Å². The van der Waals surface area contributed by atoms with Crippen LogP contribution in [-0.2, 0) is 29.0 Å². The maximum atomic E-state index is 13.5. The Morgan fingerprint density at radius 2 is 1.67 bits per heavy atom. The van der Waals surface area contributed by atoms with Gasteiger partial charge in [-0.3, -0.25) is 9.13 Å². The van der Waals surface area contributed by atoms with Gasteiger partial charge in [-0.2, -0.15) is 0 Å². The summed E-state index contributed by atoms with van der Waals surface area (Å²) in [6.07, 6.45) is 1.15. The molecule has 0 aliphatic heterocycles. The highest BCUT2D eigenvalue weighted by atomic mass is 16.7. The molecule has 1 N–H and O–H groups in total. The van der Waals surface area contributed by atoms with E-state index < -0.39 is 6.29 Å². The quantitative estimate of drug-likeness (QED) is 0.312. The van der Waals surface area contributed by atoms with E-state index in [1.54, 1.807) is 18.8 Å². The number of hydrogen-bond acceptors (Lipinski definition) is 6. The Kier molecular flexibility index (Phi) is 8.12. The molecule has 0 aliphatic rings. The lowest BCUT2D eigenvalue weighted by molar-refractivity contribution is -0.111. The minimum absolute atomic E-state index is 0.0439. The number of tetrazole rings is 1. The second-order valence-corrected chi connectivity index (χ2v) is 9.17. The molecule has 0 fully saturated rings. The molecule has 0 radical (unpaired) electrons. The maximum Gasteiger partial charge on any atom is 0.329 e. The molecule has 2 aromatic heterocycles. The van der Waals surface area contributed by atoms with Gasteiger partial charge >= 0.3 is 5.69 Å². The predicted molar refractivity (Wildman–Crippen MR) is 138 cm³/mol. The van der Waals surface area contributed by atoms with Gasteiger partial charge in [-0.15, -0.1) is 5.10 Å². The molecule has 0 saturated carbocycles. The van der Waals surface area contributed by atoms with Crippen molar-refractivity contribution in [3.63, 3.8) is 0 Å². The first kappa shape index (κ1) is 25.5. The van der Waals surface area contributed by atoms with Gasteiger partial charge in [-0.25, -0.2) is 9.89 Å². The average molecular weight is 491 g/mol. The Balaban J connectivity index is 1.70. The summed E-state index contributed by atoms with van der Waals surface area (Å²) in [6, 6.07) is 16.3. The summed E-state index contributed by atoms with van der Waals surface area (Å²) < 4.78 is 14.8. The standard InChI is InChI=1S/C27H34N6O3/c1-6-32-24(26(35-4)36-5)23(16-11-18(2)3)33(27(32)34)17-19-12-14-20(15-13-19)21-9-7-8-10-22(21)25-28-30-31-29-25/h7-10,12-15,18,26H,6,11,16-17H2,1-5H3,(H,28,29,30,31). The first-order valence-electron chi connectivity index (χ1n) is 12.3. The van der Waals surface area contributed by atoms with E-state index in [1.165, 1.54) is 0 Å². The number of benzene rings is 2. The molecule has 0 unspecified atom stereocenters. The third-order valence-electron chi connectivity index (χ3n) is 6.43. The zero-order valence-electron chi connectivity index (χ0n) is 21.6. The van der Waals surface area contributed by atoms with E-state index in [0.29, 0.717) is 24.8 Å². The van der Waals surface area contributed by atoms with Crippen molar-refractivity contribution in [2.24, 2.45) is 5.92 Å². The summed E-state index contributed by atoms with van der Waals surface area (Å²) in [5.74, 6) is 1.13. The van der Waals surface area contributed by atoms with Crippen LogP contribution in [-0.4, -0.2) is 44.0 Å². The number of aromatic amines is 1. The molecule has 2 aromatic carbocycles. The van der Waals surface area contributed by atoms with Crippen LogP contribution in [0.2, 0.25) is 0 Å². The smallest absolute Gasteiger partial charge is 0.329 e. The van der Waals surface area contributed by atoms with Gasteiger partial charge in [-0.1, -0.05) is 62.4 Å². The molecule has 0 aliphatic carbocycles. The van der Waals surface area contributed by atoms with Crippen LogP contribution in [0.5, 0.6) is 0 Å². The van der Waals surface area contributed by atoms with Crippen molar-refractivity contribution in [2.45, 2.75) is 53.0 Å². The number of methoxy groups -OCH3 is 2. The predicted octanol–water partition coefficient (Wildman–Crippen LogP) is 4.45. The van der Waals surface area contributed by atoms with Crippen molar-refractivity contribution in [3.8, 4) is 22.5 Å². The number of aromatic nitrogens is 6. The summed E-state index contributed by atoms with van der Waals surface area (Å²) >= 11 is 0. The summed E-state index contributed by atoms with van der Waals surface area (Å²) in [5.41, 5.74) is 5.77. The van der Waals surface area contributed by atoms with Crippen LogP contribution in [0.15, 0.2) is 53.3 Å². The van der Waals surface area contributed by atoms with Crippen molar-refractivity contribution in [1.82, 2.24) is 29.8 Å². The molecule has 4 rings (SSSR count). The van der Waals surface area contributed by atoms with Gasteiger partial charge in [0.1, 0.15) is 0 Å². The molecular formula is C27H34N6O3. The van der Waals surface area contributed by atoms with Gasteiger partial charge in [0.2, 0.25) is 0 Å². The zero-order valence-corrected chi connectivity index (χ0v) is 21.6. The third kappa shape index (κ3) is 5.17. The lowest BCUT2D eigenvalue weighted by Gasteiger charge is -2.18. The van der Waals surface area contributed by atoms with Gasteiger partial charge < -0.3 is 9.47 Å². The molecule has 0 bridgehead atoms. The molecule has 0 atom stereocenters. The van der Waals surface area contributed by atoms with Gasteiger partial charge in [0.25, 0.3) is 0 Å². The SMILES string of the molecule is CCn1c(C(OC)OC)c(CCC(C)C)n(Cc2ccc(-c3ccccc3-c3nnn[nH]3)cc2)c1=O. The largest absolute Gasteiger partial charge is 0.350 e. The number of imidazole rings is 1. The highest BCUT2D eigenvalue weighted by Crippen LogP contribution is 2.30. The minimum atomic E-state index is -0.592. The Morgan fingerprint density at radius 1 is 0.972 bits per heavy atom. The summed E-state index contributed by atoms with van der Waals surface area (Å²) in [7, 11) is 3.21. The third-order valence-corrected chi connectivity index (χ3v) is 6.43. The van der Waals surface area contributed by atoms with Crippen LogP contribution in [0, 0.1) is 5.92 Å². The lowest BCUT2D eigenvalue weighted by atomic mass is 9.98. The van der Waals surface area contributed by atoms with Crippen LogP contribution < -0.4 is 5.69 Å². The highest BCUT2D eigenvalue weighted by molar-refractivity contribution is 5.80. The fourth-order valence-corrected chi connectivity index (χ4v) is 4.59. The zero-order chi connectivity index (χ0) is 25.7. The number of nitrogens with zero attached hydrogens (tertiary/aromatic N) is 5. The molecule has 2 heterocycles. The Hall–Kier alpha value is -3.56. The molecule has 0 saturated heterocycles. The maximum absolute atomic E-state index is 13.5. The number of hydrogen-bond donors (Lipinski definition) is 1. The van der Waals surface area contributed by atoms with Crippen LogP contribution in [0.4, 0.5) is 0 Å². The van der Waals surface area contributed by atoms with E-state index in [1.807, 2.05) is 35.8 Å². The molecule has 190 valence electrons. The normalized spacial score (nSPS) is 11.6. The fourth-order valence-electron chi connectivity index (χ4n) is 4.59. The number of rotatable bonds is 11. The molecule has 9 heteroatoms. The number of H-pyrrole nitrogens is 1. The average Bonchev–Trinajstić information content (AvgIpc) is 3.51. The monoisotopic (exact) mass is 490 g/mol. The van der Waals surface area contributed by atoms with Crippen LogP contribution in [0.25, 0.3) is 22.5 Å². The highest BCUT2D eigenvalue weighted by Gasteiger charge is 2.26. The summed E-state index contributed by atoms with van der Waals surface area (Å²) in [5, 5.41) is 14.3. The van der Waals surface area contributed by atoms with E-state index in [9.17, 15) is 4.79 Å². The van der Waals surface area contributed by atoms with Crippen LogP contribution in [0.1, 0.15) is 50.4 Å². The van der Waals surface area contributed by atoms with E-state index in [2.05, 4.69) is 58.7 Å². The lowest BCUT2D eigenvalue weighted by Crippen LogP contribution is -2.26. The van der Waals surface area contributed by atoms with Crippen molar-refractivity contribution in [2.75, 3.05) is 14.2 Å². The van der Waals surface area contributed by atoms with Gasteiger partial charge in [0.05, 0.1) is 12.2 Å². The molecule has 4 aromatic rings. The first-order valence-corrected chi connectivity index (χ1v) is 12.3. The molecule has 0 amide bonds. The molecule has 0 spiro atoms. The first-order chi connectivity index (χ1) is 17.5. The van der Waals surface area contributed by atoms with E-state index in [0.717, 1.165) is 46.5 Å². The number of ether oxygens (including phenoxy) is 2. The van der Waals surface area contributed by atoms with E-state index in [4.69, 9.17) is 9.47 Å². The molecule has 9 nitrogen and oxygen atoms in total. The summed E-state index contributed by atoms with van der Waals surface area (Å²) in [4.78, 5) is 13.5. The van der Waals surface area contributed by atoms with Crippen molar-refractivity contribution >= 4 is 0 Å². The van der Waals surface area contributed by atoms with Crippen LogP contribution in [0.3, 0.4) is 0 Å². The van der Waals surface area contributed by atoms with E-state index >= 15 is 0 Å². The van der Waals surface area contributed by atoms with Crippen molar-refractivity contribution in [3.05, 3.63) is 76.0 Å². The van der Waals surface area contributed by atoms with Crippen molar-refractivity contribution in [1.29, 1.82) is 0 Å². The fraction of sp³-hybridized carbons (Fsp3) is 0.407. The molecule has 36 heavy (non-hydrogen) atoms. The number of nitrogens with one attached hydrogen (secondary N) is 1. The summed E-state index contributed by atoms with van der Waals surface area (Å²) in [6.45, 7) is 7.37. The molecular weight excluding hydrogens is 456 g/mol. The topological polar surface area (TPSA) is 99.8 Å². The van der Waals surface area contributed by atoms with Gasteiger partial charge in [0.15, 0.2) is 12.1 Å². The second-order valence-electron chi connectivity index (χ2n) is 9.17. The second kappa shape index (κ2) is 11.5. The van der Waals surface area contributed by atoms with Gasteiger partial charge in [-0.05, 0) is 52.8 Å². The minimum Gasteiger partial charge on any atom is -0.350 e. The Morgan fingerprint density at radius 3 is 2.25 bits per heavy atom. The van der Waals surface area contributed by atoms with E-state index in [-0.39, 0.29) is 5.69 Å². The Bertz CT molecular complexity index is 1320. The van der Waals surface area contributed by atoms with Gasteiger partial charge in [0, 0.05) is 32.0 Å². The Labute approximate surface area is 211 Å².